The number of carbonyl (C=O) groups excluding carboxylic acids is 1. The molecule has 0 N–H and O–H groups in total. The molecule has 2 aromatic carbocycles. The number of hydrogen-bond acceptors (Lipinski definition) is 3. The number of rotatable bonds is 2. The third-order valence-corrected chi connectivity index (χ3v) is 3.11. The van der Waals surface area contributed by atoms with E-state index < -0.39 is 0 Å². The Hall–Kier alpha value is -2.29. The summed E-state index contributed by atoms with van der Waals surface area (Å²) in [4.78, 5) is 13.1. The highest BCUT2D eigenvalue weighted by Crippen LogP contribution is 2.29. The molecule has 18 heavy (non-hydrogen) atoms. The number of hydrogen-bond donors (Lipinski definition) is 0. The van der Waals surface area contributed by atoms with E-state index in [0.717, 1.165) is 29.8 Å². The van der Waals surface area contributed by atoms with Gasteiger partial charge in [-0.25, -0.2) is 0 Å². The molecule has 0 aromatic heterocycles. The second-order valence-electron chi connectivity index (χ2n) is 4.26. The third-order valence-electron chi connectivity index (χ3n) is 3.11. The normalized spacial score (nSPS) is 13.7. The first-order valence-corrected chi connectivity index (χ1v) is 5.88. The first kappa shape index (κ1) is 10.8. The van der Waals surface area contributed by atoms with Gasteiger partial charge < -0.3 is 9.64 Å². The fourth-order valence-corrected chi connectivity index (χ4v) is 2.20. The number of anilines is 1. The van der Waals surface area contributed by atoms with Gasteiger partial charge in [-0.15, -0.1) is 0 Å². The molecule has 0 saturated heterocycles. The number of ether oxygens (including phenoxy) is 1. The molecule has 3 rings (SSSR count). The van der Waals surface area contributed by atoms with Crippen molar-refractivity contribution in [1.82, 2.24) is 0 Å². The Balaban J connectivity index is 1.94. The Morgan fingerprint density at radius 3 is 2.72 bits per heavy atom. The largest absolute Gasteiger partial charge is 0.473 e. The number of carbonyl (C=O) groups is 1. The van der Waals surface area contributed by atoms with E-state index in [0.29, 0.717) is 12.3 Å². The summed E-state index contributed by atoms with van der Waals surface area (Å²) in [5, 5.41) is 0. The van der Waals surface area contributed by atoms with E-state index in [9.17, 15) is 4.79 Å². The maximum Gasteiger partial charge on any atom is 0.161 e. The average molecular weight is 239 g/mol. The van der Waals surface area contributed by atoms with Crippen LogP contribution >= 0.6 is 0 Å². The van der Waals surface area contributed by atoms with Crippen LogP contribution in [0.4, 0.5) is 5.69 Å². The van der Waals surface area contributed by atoms with Crippen LogP contribution in [-0.4, -0.2) is 13.0 Å². The highest BCUT2D eigenvalue weighted by molar-refractivity contribution is 5.84. The lowest BCUT2D eigenvalue weighted by atomic mass is 10.1. The zero-order valence-electron chi connectivity index (χ0n) is 9.87. The third kappa shape index (κ3) is 1.84. The van der Waals surface area contributed by atoms with Crippen molar-refractivity contribution >= 4 is 12.0 Å². The lowest BCUT2D eigenvalue weighted by Crippen LogP contribution is -2.32. The SMILES string of the molecule is O=Cc1ccccc1N1COc2ccccc2C1. The van der Waals surface area contributed by atoms with Crippen LogP contribution in [0.25, 0.3) is 0 Å². The molecule has 0 amide bonds. The minimum absolute atomic E-state index is 0.474. The van der Waals surface area contributed by atoms with Gasteiger partial charge in [0.15, 0.2) is 13.0 Å². The molecule has 0 bridgehead atoms. The fourth-order valence-electron chi connectivity index (χ4n) is 2.20. The molecule has 0 radical (unpaired) electrons. The number of para-hydroxylation sites is 2. The number of aldehydes is 1. The van der Waals surface area contributed by atoms with Crippen molar-refractivity contribution < 1.29 is 9.53 Å². The topological polar surface area (TPSA) is 29.5 Å². The summed E-state index contributed by atoms with van der Waals surface area (Å²) in [6.45, 7) is 1.24. The molecule has 0 spiro atoms. The molecule has 0 saturated carbocycles. The van der Waals surface area contributed by atoms with Gasteiger partial charge >= 0.3 is 0 Å². The van der Waals surface area contributed by atoms with E-state index in [1.165, 1.54) is 0 Å². The molecule has 1 aliphatic rings. The molecule has 2 aromatic rings. The van der Waals surface area contributed by atoms with E-state index >= 15 is 0 Å². The zero-order chi connectivity index (χ0) is 12.4. The van der Waals surface area contributed by atoms with Crippen LogP contribution in [0.3, 0.4) is 0 Å². The van der Waals surface area contributed by atoms with Gasteiger partial charge in [0.1, 0.15) is 5.75 Å². The van der Waals surface area contributed by atoms with Crippen LogP contribution in [0.15, 0.2) is 48.5 Å². The van der Waals surface area contributed by atoms with Gasteiger partial charge in [-0.05, 0) is 18.2 Å². The van der Waals surface area contributed by atoms with Gasteiger partial charge in [0.25, 0.3) is 0 Å². The fraction of sp³-hybridized carbons (Fsp3) is 0.133. The quantitative estimate of drug-likeness (QED) is 0.755. The van der Waals surface area contributed by atoms with Crippen LogP contribution in [-0.2, 0) is 6.54 Å². The van der Waals surface area contributed by atoms with E-state index in [1.807, 2.05) is 48.5 Å². The van der Waals surface area contributed by atoms with E-state index in [-0.39, 0.29) is 0 Å². The summed E-state index contributed by atoms with van der Waals surface area (Å²) < 4.78 is 5.70. The standard InChI is InChI=1S/C15H13NO2/c17-10-13-6-1-3-7-14(13)16-9-12-5-2-4-8-15(12)18-11-16/h1-8,10H,9,11H2. The van der Waals surface area contributed by atoms with Crippen LogP contribution in [0.2, 0.25) is 0 Å². The van der Waals surface area contributed by atoms with Gasteiger partial charge in [0.05, 0.1) is 5.69 Å². The highest BCUT2D eigenvalue weighted by Gasteiger charge is 2.18. The molecule has 3 heteroatoms. The zero-order valence-corrected chi connectivity index (χ0v) is 9.87. The molecule has 0 fully saturated rings. The maximum atomic E-state index is 11.0. The van der Waals surface area contributed by atoms with E-state index in [4.69, 9.17) is 4.74 Å². The Bertz CT molecular complexity index is 580. The number of benzene rings is 2. The van der Waals surface area contributed by atoms with Crippen molar-refractivity contribution in [1.29, 1.82) is 0 Å². The van der Waals surface area contributed by atoms with Crippen molar-refractivity contribution in [3.05, 3.63) is 59.7 Å². The predicted octanol–water partition coefficient (Wildman–Crippen LogP) is 2.86. The first-order valence-electron chi connectivity index (χ1n) is 5.88. The van der Waals surface area contributed by atoms with Gasteiger partial charge in [0.2, 0.25) is 0 Å². The van der Waals surface area contributed by atoms with Crippen molar-refractivity contribution in [3.63, 3.8) is 0 Å². The van der Waals surface area contributed by atoms with Gasteiger partial charge in [0, 0.05) is 17.7 Å². The van der Waals surface area contributed by atoms with Crippen LogP contribution in [0, 0.1) is 0 Å². The molecular weight excluding hydrogens is 226 g/mol. The maximum absolute atomic E-state index is 11.0. The monoisotopic (exact) mass is 239 g/mol. The van der Waals surface area contributed by atoms with Crippen molar-refractivity contribution in [2.24, 2.45) is 0 Å². The summed E-state index contributed by atoms with van der Waals surface area (Å²) in [7, 11) is 0. The second-order valence-corrected chi connectivity index (χ2v) is 4.26. The van der Waals surface area contributed by atoms with Gasteiger partial charge in [-0.1, -0.05) is 30.3 Å². The highest BCUT2D eigenvalue weighted by atomic mass is 16.5. The summed E-state index contributed by atoms with van der Waals surface area (Å²) in [6.07, 6.45) is 0.885. The van der Waals surface area contributed by atoms with Crippen molar-refractivity contribution in [2.45, 2.75) is 6.54 Å². The lowest BCUT2D eigenvalue weighted by Gasteiger charge is -2.31. The lowest BCUT2D eigenvalue weighted by molar-refractivity contribution is 0.112. The molecular formula is C15H13NO2. The first-order chi connectivity index (χ1) is 8.88. The minimum Gasteiger partial charge on any atom is -0.473 e. The Morgan fingerprint density at radius 2 is 1.83 bits per heavy atom. The summed E-state index contributed by atoms with van der Waals surface area (Å²) >= 11 is 0. The summed E-state index contributed by atoms with van der Waals surface area (Å²) in [5.41, 5.74) is 2.76. The molecule has 1 heterocycles. The second kappa shape index (κ2) is 4.53. The minimum atomic E-state index is 0.474. The number of nitrogens with zero attached hydrogens (tertiary/aromatic N) is 1. The van der Waals surface area contributed by atoms with Gasteiger partial charge in [-0.2, -0.15) is 0 Å². The summed E-state index contributed by atoms with van der Waals surface area (Å²) in [5.74, 6) is 0.928. The van der Waals surface area contributed by atoms with Crippen molar-refractivity contribution in [3.8, 4) is 5.75 Å². The number of fused-ring (bicyclic) bond motifs is 1. The predicted molar refractivity (Wildman–Crippen MR) is 69.9 cm³/mol. The Labute approximate surface area is 106 Å². The van der Waals surface area contributed by atoms with E-state index in [2.05, 4.69) is 4.90 Å². The average Bonchev–Trinajstić information content (AvgIpc) is 2.46. The Kier molecular flexibility index (Phi) is 2.73. The molecule has 0 atom stereocenters. The molecule has 90 valence electrons. The molecule has 1 aliphatic heterocycles. The Morgan fingerprint density at radius 1 is 1.06 bits per heavy atom. The molecule has 0 unspecified atom stereocenters. The van der Waals surface area contributed by atoms with Crippen LogP contribution < -0.4 is 9.64 Å². The van der Waals surface area contributed by atoms with E-state index in [1.54, 1.807) is 0 Å². The van der Waals surface area contributed by atoms with Crippen LogP contribution in [0.5, 0.6) is 5.75 Å². The molecule has 0 aliphatic carbocycles. The van der Waals surface area contributed by atoms with Crippen molar-refractivity contribution in [2.75, 3.05) is 11.6 Å². The van der Waals surface area contributed by atoms with Crippen LogP contribution in [0.1, 0.15) is 15.9 Å². The molecule has 3 nitrogen and oxygen atoms in total. The summed E-state index contributed by atoms with van der Waals surface area (Å²) in [6, 6.07) is 15.5. The smallest absolute Gasteiger partial charge is 0.161 e. The van der Waals surface area contributed by atoms with Gasteiger partial charge in [-0.3, -0.25) is 4.79 Å².